The fraction of sp³-hybridized carbons (Fsp3) is 0.667. The fourth-order valence-corrected chi connectivity index (χ4v) is 4.23. The van der Waals surface area contributed by atoms with E-state index in [0.29, 0.717) is 0 Å². The summed E-state index contributed by atoms with van der Waals surface area (Å²) >= 11 is 1.80. The molecule has 0 radical (unpaired) electrons. The van der Waals surface area contributed by atoms with Crippen molar-refractivity contribution < 1.29 is 4.79 Å². The number of carbonyl (C=O) groups is 1. The number of hydrogen-bond donors (Lipinski definition) is 2. The van der Waals surface area contributed by atoms with Crippen LogP contribution in [0.1, 0.15) is 49.0 Å². The van der Waals surface area contributed by atoms with Gasteiger partial charge in [0.25, 0.3) is 0 Å². The molecule has 0 saturated carbocycles. The summed E-state index contributed by atoms with van der Waals surface area (Å²) in [5, 5.41) is 8.80. The van der Waals surface area contributed by atoms with Crippen molar-refractivity contribution in [1.82, 2.24) is 10.6 Å². The fourth-order valence-electron chi connectivity index (χ4n) is 3.25. The van der Waals surface area contributed by atoms with Crippen LogP contribution in [-0.4, -0.2) is 24.5 Å². The molecule has 1 fully saturated rings. The van der Waals surface area contributed by atoms with Crippen LogP contribution in [0.2, 0.25) is 0 Å². The van der Waals surface area contributed by atoms with Gasteiger partial charge in [-0.25, -0.2) is 0 Å². The Kier molecular flexibility index (Phi) is 5.10. The standard InChI is InChI=1S/C15H22N2OS.ClH/c1-15(6-8-16-9-7-15)17-14(18)12-3-2-4-13-11(12)5-10-19-13;/h5,10,12,16H,2-4,6-9H2,1H3,(H,17,18);1H. The Morgan fingerprint density at radius 1 is 1.45 bits per heavy atom. The molecule has 2 N–H and O–H groups in total. The van der Waals surface area contributed by atoms with Crippen molar-refractivity contribution in [1.29, 1.82) is 0 Å². The lowest BCUT2D eigenvalue weighted by Gasteiger charge is -2.36. The molecule has 2 heterocycles. The predicted octanol–water partition coefficient (Wildman–Crippen LogP) is 2.85. The quantitative estimate of drug-likeness (QED) is 0.881. The molecule has 1 aromatic heterocycles. The molecule has 3 nitrogen and oxygen atoms in total. The first-order chi connectivity index (χ1) is 9.18. The van der Waals surface area contributed by atoms with E-state index in [1.807, 2.05) is 0 Å². The van der Waals surface area contributed by atoms with Crippen molar-refractivity contribution in [3.05, 3.63) is 21.9 Å². The number of halogens is 1. The SMILES string of the molecule is CC1(NC(=O)C2CCCc3sccc32)CCNCC1.Cl. The molecule has 0 aromatic carbocycles. The van der Waals surface area contributed by atoms with E-state index in [1.54, 1.807) is 11.3 Å². The van der Waals surface area contributed by atoms with Gasteiger partial charge in [0.05, 0.1) is 5.92 Å². The maximum atomic E-state index is 12.6. The number of hydrogen-bond acceptors (Lipinski definition) is 3. The van der Waals surface area contributed by atoms with Crippen LogP contribution < -0.4 is 10.6 Å². The molecule has 20 heavy (non-hydrogen) atoms. The summed E-state index contributed by atoms with van der Waals surface area (Å²) in [6, 6.07) is 2.15. The van der Waals surface area contributed by atoms with Gasteiger partial charge in [0.2, 0.25) is 5.91 Å². The minimum Gasteiger partial charge on any atom is -0.350 e. The van der Waals surface area contributed by atoms with Gasteiger partial charge in [-0.05, 0) is 69.1 Å². The van der Waals surface area contributed by atoms with Crippen molar-refractivity contribution in [2.24, 2.45) is 0 Å². The van der Waals surface area contributed by atoms with E-state index >= 15 is 0 Å². The van der Waals surface area contributed by atoms with Crippen molar-refractivity contribution in [3.63, 3.8) is 0 Å². The molecule has 0 spiro atoms. The monoisotopic (exact) mass is 314 g/mol. The third kappa shape index (κ3) is 3.18. The van der Waals surface area contributed by atoms with E-state index in [-0.39, 0.29) is 29.8 Å². The van der Waals surface area contributed by atoms with E-state index in [9.17, 15) is 4.79 Å². The average molecular weight is 315 g/mol. The smallest absolute Gasteiger partial charge is 0.228 e. The molecular weight excluding hydrogens is 292 g/mol. The van der Waals surface area contributed by atoms with Crippen molar-refractivity contribution >= 4 is 29.7 Å². The van der Waals surface area contributed by atoms with Gasteiger partial charge in [-0.1, -0.05) is 0 Å². The van der Waals surface area contributed by atoms with Crippen LogP contribution in [0.25, 0.3) is 0 Å². The maximum Gasteiger partial charge on any atom is 0.228 e. The van der Waals surface area contributed by atoms with Crippen molar-refractivity contribution in [3.8, 4) is 0 Å². The molecule has 1 saturated heterocycles. The number of rotatable bonds is 2. The van der Waals surface area contributed by atoms with Gasteiger partial charge in [-0.2, -0.15) is 0 Å². The lowest BCUT2D eigenvalue weighted by Crippen LogP contribution is -2.53. The van der Waals surface area contributed by atoms with Crippen LogP contribution in [0.3, 0.4) is 0 Å². The van der Waals surface area contributed by atoms with Gasteiger partial charge in [0, 0.05) is 10.4 Å². The first-order valence-electron chi connectivity index (χ1n) is 7.27. The molecule has 1 aliphatic heterocycles. The highest BCUT2D eigenvalue weighted by molar-refractivity contribution is 7.10. The third-order valence-electron chi connectivity index (χ3n) is 4.50. The molecular formula is C15H23ClN2OS. The molecule has 112 valence electrons. The normalized spacial score (nSPS) is 24.4. The molecule has 1 aromatic rings. The summed E-state index contributed by atoms with van der Waals surface area (Å²) in [5.74, 6) is 0.325. The number of carbonyl (C=O) groups excluding carboxylic acids is 1. The van der Waals surface area contributed by atoms with Crippen LogP contribution in [0.5, 0.6) is 0 Å². The van der Waals surface area contributed by atoms with Gasteiger partial charge in [-0.3, -0.25) is 4.79 Å². The van der Waals surface area contributed by atoms with Gasteiger partial charge >= 0.3 is 0 Å². The minimum absolute atomic E-state index is 0. The third-order valence-corrected chi connectivity index (χ3v) is 5.50. The van der Waals surface area contributed by atoms with E-state index in [4.69, 9.17) is 0 Å². The second kappa shape index (κ2) is 6.46. The first kappa shape index (κ1) is 15.8. The van der Waals surface area contributed by atoms with E-state index in [2.05, 4.69) is 29.0 Å². The lowest BCUT2D eigenvalue weighted by molar-refractivity contribution is -0.125. The number of aryl methyl sites for hydroxylation is 1. The minimum atomic E-state index is -0.0179. The highest BCUT2D eigenvalue weighted by Crippen LogP contribution is 2.35. The second-order valence-corrected chi connectivity index (χ2v) is 7.04. The number of thiophene rings is 1. The molecule has 3 rings (SSSR count). The molecule has 1 atom stereocenters. The highest BCUT2D eigenvalue weighted by Gasteiger charge is 2.33. The number of fused-ring (bicyclic) bond motifs is 1. The zero-order valence-electron chi connectivity index (χ0n) is 11.9. The molecule has 1 unspecified atom stereocenters. The zero-order valence-corrected chi connectivity index (χ0v) is 13.5. The predicted molar refractivity (Wildman–Crippen MR) is 85.9 cm³/mol. The Morgan fingerprint density at radius 2 is 2.20 bits per heavy atom. The van der Waals surface area contributed by atoms with Crippen LogP contribution >= 0.6 is 23.7 Å². The van der Waals surface area contributed by atoms with Gasteiger partial charge in [0.1, 0.15) is 0 Å². The largest absolute Gasteiger partial charge is 0.350 e. The Hall–Kier alpha value is -0.580. The number of amides is 1. The van der Waals surface area contributed by atoms with E-state index < -0.39 is 0 Å². The number of nitrogens with one attached hydrogen (secondary N) is 2. The Balaban J connectivity index is 0.00000147. The van der Waals surface area contributed by atoms with Crippen molar-refractivity contribution in [2.45, 2.75) is 50.5 Å². The Labute approximate surface area is 130 Å². The maximum absolute atomic E-state index is 12.6. The van der Waals surface area contributed by atoms with Crippen LogP contribution in [-0.2, 0) is 11.2 Å². The highest BCUT2D eigenvalue weighted by atomic mass is 35.5. The summed E-state index contributed by atoms with van der Waals surface area (Å²) in [6.07, 6.45) is 5.36. The van der Waals surface area contributed by atoms with Crippen molar-refractivity contribution in [2.75, 3.05) is 13.1 Å². The van der Waals surface area contributed by atoms with Crippen LogP contribution in [0.4, 0.5) is 0 Å². The second-order valence-electron chi connectivity index (χ2n) is 6.04. The summed E-state index contributed by atoms with van der Waals surface area (Å²) in [4.78, 5) is 14.0. The summed E-state index contributed by atoms with van der Waals surface area (Å²) in [7, 11) is 0. The first-order valence-corrected chi connectivity index (χ1v) is 8.15. The number of piperidine rings is 1. The molecule has 1 aliphatic carbocycles. The summed E-state index contributed by atoms with van der Waals surface area (Å²) in [5.41, 5.74) is 1.27. The van der Waals surface area contributed by atoms with E-state index in [1.165, 1.54) is 10.4 Å². The van der Waals surface area contributed by atoms with Gasteiger partial charge in [-0.15, -0.1) is 23.7 Å². The zero-order chi connectivity index (χ0) is 13.3. The molecule has 2 aliphatic rings. The summed E-state index contributed by atoms with van der Waals surface area (Å²) < 4.78 is 0. The lowest BCUT2D eigenvalue weighted by atomic mass is 9.84. The molecule has 1 amide bonds. The molecule has 5 heteroatoms. The van der Waals surface area contributed by atoms with Crippen LogP contribution in [0.15, 0.2) is 11.4 Å². The average Bonchev–Trinajstić information content (AvgIpc) is 2.86. The Morgan fingerprint density at radius 3 is 2.95 bits per heavy atom. The summed E-state index contributed by atoms with van der Waals surface area (Å²) in [6.45, 7) is 4.19. The topological polar surface area (TPSA) is 41.1 Å². The Bertz CT molecular complexity index is 468. The van der Waals surface area contributed by atoms with Gasteiger partial charge in [0.15, 0.2) is 0 Å². The van der Waals surface area contributed by atoms with Crippen LogP contribution in [0, 0.1) is 0 Å². The molecule has 0 bridgehead atoms. The van der Waals surface area contributed by atoms with Gasteiger partial charge < -0.3 is 10.6 Å². The van der Waals surface area contributed by atoms with E-state index in [0.717, 1.165) is 45.2 Å².